The molecular formula is C21H23ClN4O2. The van der Waals surface area contributed by atoms with E-state index in [0.717, 1.165) is 44.7 Å². The van der Waals surface area contributed by atoms with Gasteiger partial charge in [-0.25, -0.2) is 4.98 Å². The third-order valence-electron chi connectivity index (χ3n) is 5.32. The lowest BCUT2D eigenvalue weighted by atomic mass is 10.2. The average molecular weight is 399 g/mol. The molecule has 0 atom stereocenters. The molecule has 2 aliphatic heterocycles. The van der Waals surface area contributed by atoms with E-state index in [-0.39, 0.29) is 11.8 Å². The van der Waals surface area contributed by atoms with Crippen LogP contribution in [-0.2, 0) is 0 Å². The van der Waals surface area contributed by atoms with E-state index < -0.39 is 0 Å². The third-order valence-corrected chi connectivity index (χ3v) is 5.56. The van der Waals surface area contributed by atoms with Gasteiger partial charge in [0.05, 0.1) is 0 Å². The van der Waals surface area contributed by atoms with E-state index in [1.54, 1.807) is 28.0 Å². The summed E-state index contributed by atoms with van der Waals surface area (Å²) in [5.41, 5.74) is 1.75. The lowest BCUT2D eigenvalue weighted by molar-refractivity contribution is 0.0739. The Bertz CT molecular complexity index is 874. The molecule has 1 aromatic carbocycles. The zero-order valence-corrected chi connectivity index (χ0v) is 16.4. The Balaban J connectivity index is 1.41. The van der Waals surface area contributed by atoms with Crippen molar-refractivity contribution in [2.75, 3.05) is 44.2 Å². The van der Waals surface area contributed by atoms with E-state index in [2.05, 4.69) is 9.88 Å². The molecule has 2 aromatic rings. The van der Waals surface area contributed by atoms with E-state index in [4.69, 9.17) is 11.6 Å². The second-order valence-electron chi connectivity index (χ2n) is 7.17. The van der Waals surface area contributed by atoms with Crippen molar-refractivity contribution < 1.29 is 9.59 Å². The van der Waals surface area contributed by atoms with Crippen LogP contribution in [0.3, 0.4) is 0 Å². The van der Waals surface area contributed by atoms with Crippen LogP contribution in [0, 0.1) is 0 Å². The summed E-state index contributed by atoms with van der Waals surface area (Å²) in [7, 11) is 0. The largest absolute Gasteiger partial charge is 0.368 e. The van der Waals surface area contributed by atoms with E-state index in [9.17, 15) is 9.59 Å². The van der Waals surface area contributed by atoms with Gasteiger partial charge in [-0.2, -0.15) is 0 Å². The molecule has 146 valence electrons. The minimum absolute atomic E-state index is 0.0853. The summed E-state index contributed by atoms with van der Waals surface area (Å²) in [6.07, 6.45) is 2.06. The summed E-state index contributed by atoms with van der Waals surface area (Å²) in [5.74, 6) is -0.209. The topological polar surface area (TPSA) is 56.8 Å². The van der Waals surface area contributed by atoms with Crippen LogP contribution in [0.4, 0.5) is 5.69 Å². The Kier molecular flexibility index (Phi) is 5.48. The highest BCUT2D eigenvalue weighted by atomic mass is 35.5. The molecule has 0 saturated carbocycles. The fourth-order valence-electron chi connectivity index (χ4n) is 3.76. The van der Waals surface area contributed by atoms with Gasteiger partial charge in [-0.3, -0.25) is 9.59 Å². The first-order valence-electron chi connectivity index (χ1n) is 9.68. The molecule has 6 nitrogen and oxygen atoms in total. The number of amides is 2. The van der Waals surface area contributed by atoms with E-state index in [0.29, 0.717) is 29.5 Å². The number of nitrogens with zero attached hydrogens (tertiary/aromatic N) is 4. The predicted octanol–water partition coefficient (Wildman–Crippen LogP) is 2.93. The van der Waals surface area contributed by atoms with Gasteiger partial charge in [0.15, 0.2) is 0 Å². The number of anilines is 1. The first kappa shape index (κ1) is 18.7. The molecule has 28 heavy (non-hydrogen) atoms. The molecule has 0 bridgehead atoms. The van der Waals surface area contributed by atoms with Gasteiger partial charge in [0.2, 0.25) is 0 Å². The van der Waals surface area contributed by atoms with Gasteiger partial charge < -0.3 is 14.7 Å². The van der Waals surface area contributed by atoms with Crippen molar-refractivity contribution >= 4 is 29.1 Å². The summed E-state index contributed by atoms with van der Waals surface area (Å²) in [5, 5.41) is 0.708. The SMILES string of the molecule is O=C(c1cccc(C(=O)N2CCN(c3cccc(Cl)c3)CC2)n1)N1CCCC1. The Morgan fingerprint density at radius 3 is 1.96 bits per heavy atom. The molecule has 2 saturated heterocycles. The highest BCUT2D eigenvalue weighted by Crippen LogP contribution is 2.21. The number of carbonyl (C=O) groups excluding carboxylic acids is 2. The molecule has 0 unspecified atom stereocenters. The quantitative estimate of drug-likeness (QED) is 0.797. The van der Waals surface area contributed by atoms with Crippen molar-refractivity contribution in [3.05, 3.63) is 58.9 Å². The summed E-state index contributed by atoms with van der Waals surface area (Å²) in [6.45, 7) is 4.22. The Labute approximate surface area is 169 Å². The van der Waals surface area contributed by atoms with Crippen LogP contribution in [-0.4, -0.2) is 65.9 Å². The Morgan fingerprint density at radius 1 is 0.786 bits per heavy atom. The zero-order chi connectivity index (χ0) is 19.5. The zero-order valence-electron chi connectivity index (χ0n) is 15.7. The van der Waals surface area contributed by atoms with Crippen molar-refractivity contribution in [3.63, 3.8) is 0 Å². The lowest BCUT2D eigenvalue weighted by Crippen LogP contribution is -2.49. The fourth-order valence-corrected chi connectivity index (χ4v) is 3.94. The molecule has 2 aliphatic rings. The molecule has 7 heteroatoms. The van der Waals surface area contributed by atoms with Crippen LogP contribution in [0.15, 0.2) is 42.5 Å². The van der Waals surface area contributed by atoms with Gasteiger partial charge in [0.1, 0.15) is 11.4 Å². The molecule has 2 fully saturated rings. The fraction of sp³-hybridized carbons (Fsp3) is 0.381. The van der Waals surface area contributed by atoms with E-state index >= 15 is 0 Å². The second-order valence-corrected chi connectivity index (χ2v) is 7.60. The highest BCUT2D eigenvalue weighted by molar-refractivity contribution is 6.30. The molecule has 1 aromatic heterocycles. The maximum Gasteiger partial charge on any atom is 0.272 e. The number of likely N-dealkylation sites (tertiary alicyclic amines) is 1. The normalized spacial score (nSPS) is 17.1. The van der Waals surface area contributed by atoms with E-state index in [1.807, 2.05) is 24.3 Å². The van der Waals surface area contributed by atoms with Crippen molar-refractivity contribution in [1.29, 1.82) is 0 Å². The molecule has 2 amide bonds. The molecule has 3 heterocycles. The van der Waals surface area contributed by atoms with Gasteiger partial charge in [0.25, 0.3) is 11.8 Å². The van der Waals surface area contributed by atoms with Crippen LogP contribution in [0.5, 0.6) is 0 Å². The number of piperazine rings is 1. The second kappa shape index (κ2) is 8.19. The third kappa shape index (κ3) is 3.97. The average Bonchev–Trinajstić information content (AvgIpc) is 3.28. The number of halogens is 1. The van der Waals surface area contributed by atoms with Crippen molar-refractivity contribution in [1.82, 2.24) is 14.8 Å². The standard InChI is InChI=1S/C21H23ClN4O2/c22-16-5-3-6-17(15-16)24-11-13-26(14-12-24)21(28)19-8-4-7-18(23-19)20(27)25-9-1-2-10-25/h3-8,15H,1-2,9-14H2. The summed E-state index contributed by atoms with van der Waals surface area (Å²) in [6, 6.07) is 12.9. The van der Waals surface area contributed by atoms with Gasteiger partial charge >= 0.3 is 0 Å². The van der Waals surface area contributed by atoms with Crippen LogP contribution in [0.2, 0.25) is 5.02 Å². The number of hydrogen-bond donors (Lipinski definition) is 0. The van der Waals surface area contributed by atoms with Crippen LogP contribution >= 0.6 is 11.6 Å². The lowest BCUT2D eigenvalue weighted by Gasteiger charge is -2.36. The number of hydrogen-bond acceptors (Lipinski definition) is 4. The predicted molar refractivity (Wildman–Crippen MR) is 109 cm³/mol. The van der Waals surface area contributed by atoms with E-state index in [1.165, 1.54) is 0 Å². The maximum atomic E-state index is 12.9. The molecule has 0 N–H and O–H groups in total. The summed E-state index contributed by atoms with van der Waals surface area (Å²) >= 11 is 6.08. The van der Waals surface area contributed by atoms with Gasteiger partial charge in [-0.1, -0.05) is 23.7 Å². The number of aromatic nitrogens is 1. The summed E-state index contributed by atoms with van der Waals surface area (Å²) in [4.78, 5) is 35.6. The first-order chi connectivity index (χ1) is 13.6. The van der Waals surface area contributed by atoms with Crippen LogP contribution < -0.4 is 4.90 Å². The van der Waals surface area contributed by atoms with Crippen molar-refractivity contribution in [2.45, 2.75) is 12.8 Å². The Hall–Kier alpha value is -2.60. The van der Waals surface area contributed by atoms with Crippen molar-refractivity contribution in [3.8, 4) is 0 Å². The van der Waals surface area contributed by atoms with Gasteiger partial charge in [0, 0.05) is 50.0 Å². The highest BCUT2D eigenvalue weighted by Gasteiger charge is 2.25. The number of rotatable bonds is 3. The summed E-state index contributed by atoms with van der Waals surface area (Å²) < 4.78 is 0. The number of pyridine rings is 1. The van der Waals surface area contributed by atoms with Crippen molar-refractivity contribution in [2.24, 2.45) is 0 Å². The van der Waals surface area contributed by atoms with Gasteiger partial charge in [-0.05, 0) is 43.2 Å². The minimum Gasteiger partial charge on any atom is -0.368 e. The van der Waals surface area contributed by atoms with Crippen LogP contribution in [0.1, 0.15) is 33.8 Å². The molecule has 0 spiro atoms. The monoisotopic (exact) mass is 398 g/mol. The van der Waals surface area contributed by atoms with Gasteiger partial charge in [-0.15, -0.1) is 0 Å². The first-order valence-corrected chi connectivity index (χ1v) is 10.1. The molecular weight excluding hydrogens is 376 g/mol. The number of carbonyl (C=O) groups is 2. The Morgan fingerprint density at radius 2 is 1.36 bits per heavy atom. The maximum absolute atomic E-state index is 12.9. The minimum atomic E-state index is -0.123. The van der Waals surface area contributed by atoms with Crippen LogP contribution in [0.25, 0.3) is 0 Å². The molecule has 4 rings (SSSR count). The number of benzene rings is 1. The molecule has 0 aliphatic carbocycles. The molecule has 0 radical (unpaired) electrons. The smallest absolute Gasteiger partial charge is 0.272 e.